The van der Waals surface area contributed by atoms with Crippen molar-refractivity contribution in [1.82, 2.24) is 10.2 Å². The lowest BCUT2D eigenvalue weighted by molar-refractivity contribution is 0.0370. The molecule has 1 amide bonds. The van der Waals surface area contributed by atoms with Crippen LogP contribution in [0, 0.1) is 5.41 Å². The van der Waals surface area contributed by atoms with Crippen LogP contribution < -0.4 is 10.0 Å². The van der Waals surface area contributed by atoms with E-state index in [0.29, 0.717) is 17.8 Å². The van der Waals surface area contributed by atoms with Gasteiger partial charge in [0, 0.05) is 29.8 Å². The number of anilines is 1. The second-order valence-corrected chi connectivity index (χ2v) is 8.87. The van der Waals surface area contributed by atoms with Crippen molar-refractivity contribution >= 4 is 21.6 Å². The molecule has 2 N–H and O–H groups in total. The second kappa shape index (κ2) is 6.72. The van der Waals surface area contributed by atoms with Crippen LogP contribution in [0.15, 0.2) is 24.3 Å². The van der Waals surface area contributed by atoms with Crippen molar-refractivity contribution < 1.29 is 13.2 Å². The van der Waals surface area contributed by atoms with Crippen molar-refractivity contribution in [2.24, 2.45) is 5.41 Å². The van der Waals surface area contributed by atoms with Crippen LogP contribution in [0.2, 0.25) is 0 Å². The SMILES string of the molecule is CS(=O)(=O)Nc1ccc(C(=O)NCC23CCCN(CCC2)C3)cc1. The predicted octanol–water partition coefficient (Wildman–Crippen LogP) is 1.66. The molecule has 2 heterocycles. The maximum absolute atomic E-state index is 12.4. The third-order valence-electron chi connectivity index (χ3n) is 5.00. The smallest absolute Gasteiger partial charge is 0.251 e. The molecule has 2 bridgehead atoms. The first-order valence-corrected chi connectivity index (χ1v) is 10.3. The van der Waals surface area contributed by atoms with Gasteiger partial charge in [-0.15, -0.1) is 0 Å². The number of hydrogen-bond acceptors (Lipinski definition) is 4. The summed E-state index contributed by atoms with van der Waals surface area (Å²) in [6.07, 6.45) is 5.88. The number of carbonyl (C=O) groups excluding carboxylic acids is 1. The van der Waals surface area contributed by atoms with Crippen molar-refractivity contribution in [3.63, 3.8) is 0 Å². The Morgan fingerprint density at radius 3 is 2.38 bits per heavy atom. The fraction of sp³-hybridized carbons (Fsp3) is 0.588. The average molecular weight is 351 g/mol. The van der Waals surface area contributed by atoms with Crippen LogP contribution in [0.1, 0.15) is 36.0 Å². The Labute approximate surface area is 143 Å². The quantitative estimate of drug-likeness (QED) is 0.846. The molecule has 2 fully saturated rings. The van der Waals surface area contributed by atoms with E-state index in [1.54, 1.807) is 24.3 Å². The lowest BCUT2D eigenvalue weighted by Gasteiger charge is -2.47. The Hall–Kier alpha value is -1.60. The zero-order chi connectivity index (χ0) is 17.2. The fourth-order valence-electron chi connectivity index (χ4n) is 3.89. The van der Waals surface area contributed by atoms with Gasteiger partial charge in [-0.3, -0.25) is 9.52 Å². The number of sulfonamides is 1. The highest BCUT2D eigenvalue weighted by molar-refractivity contribution is 7.92. The summed E-state index contributed by atoms with van der Waals surface area (Å²) in [5.41, 5.74) is 1.24. The molecule has 1 aromatic rings. The lowest BCUT2D eigenvalue weighted by Crippen LogP contribution is -2.52. The molecule has 7 heteroatoms. The largest absolute Gasteiger partial charge is 0.351 e. The molecular weight excluding hydrogens is 326 g/mol. The molecule has 6 nitrogen and oxygen atoms in total. The van der Waals surface area contributed by atoms with Gasteiger partial charge in [-0.05, 0) is 63.0 Å². The van der Waals surface area contributed by atoms with Gasteiger partial charge < -0.3 is 10.2 Å². The van der Waals surface area contributed by atoms with Crippen LogP contribution in [0.3, 0.4) is 0 Å². The number of fused-ring (bicyclic) bond motifs is 2. The maximum atomic E-state index is 12.4. The minimum atomic E-state index is -3.30. The Bertz CT molecular complexity index is 690. The van der Waals surface area contributed by atoms with Gasteiger partial charge in [0.05, 0.1) is 6.26 Å². The van der Waals surface area contributed by atoms with Crippen molar-refractivity contribution in [1.29, 1.82) is 0 Å². The molecular formula is C17H25N3O3S. The van der Waals surface area contributed by atoms with Gasteiger partial charge in [-0.25, -0.2) is 8.42 Å². The Kier molecular flexibility index (Phi) is 4.83. The van der Waals surface area contributed by atoms with E-state index < -0.39 is 10.0 Å². The summed E-state index contributed by atoms with van der Waals surface area (Å²) in [6, 6.07) is 6.51. The highest BCUT2D eigenvalue weighted by atomic mass is 32.2. The Morgan fingerprint density at radius 1 is 1.17 bits per heavy atom. The van der Waals surface area contributed by atoms with E-state index in [1.165, 1.54) is 38.8 Å². The van der Waals surface area contributed by atoms with Crippen LogP contribution in [0.4, 0.5) is 5.69 Å². The third-order valence-corrected chi connectivity index (χ3v) is 5.60. The second-order valence-electron chi connectivity index (χ2n) is 7.12. The van der Waals surface area contributed by atoms with Crippen LogP contribution >= 0.6 is 0 Å². The molecule has 1 aromatic carbocycles. The average Bonchev–Trinajstić information content (AvgIpc) is 2.52. The van der Waals surface area contributed by atoms with Gasteiger partial charge in [0.25, 0.3) is 5.91 Å². The summed E-state index contributed by atoms with van der Waals surface area (Å²) in [5, 5.41) is 3.08. The molecule has 132 valence electrons. The van der Waals surface area contributed by atoms with Gasteiger partial charge in [0.15, 0.2) is 0 Å². The van der Waals surface area contributed by atoms with Crippen molar-refractivity contribution in [2.45, 2.75) is 25.7 Å². The summed E-state index contributed by atoms with van der Waals surface area (Å²) in [7, 11) is -3.30. The number of nitrogens with one attached hydrogen (secondary N) is 2. The van der Waals surface area contributed by atoms with Crippen molar-refractivity contribution in [3.05, 3.63) is 29.8 Å². The van der Waals surface area contributed by atoms with Crippen LogP contribution in [-0.4, -0.2) is 51.7 Å². The number of carbonyl (C=O) groups is 1. The standard InChI is InChI=1S/C17H25N3O3S/c1-24(22,23)19-15-6-4-14(5-7-15)16(21)18-12-17-8-2-10-20(13-17)11-3-9-17/h4-7,19H,2-3,8-13H2,1H3,(H,18,21). The lowest BCUT2D eigenvalue weighted by atomic mass is 9.73. The van der Waals surface area contributed by atoms with Crippen LogP contribution in [0.5, 0.6) is 0 Å². The monoisotopic (exact) mass is 351 g/mol. The summed E-state index contributed by atoms with van der Waals surface area (Å²) in [6.45, 7) is 4.17. The summed E-state index contributed by atoms with van der Waals surface area (Å²) >= 11 is 0. The molecule has 24 heavy (non-hydrogen) atoms. The third kappa shape index (κ3) is 4.27. The number of amides is 1. The molecule has 0 aliphatic carbocycles. The Balaban J connectivity index is 1.59. The number of hydrogen-bond donors (Lipinski definition) is 2. The number of piperidine rings is 2. The van der Waals surface area contributed by atoms with E-state index in [0.717, 1.165) is 12.8 Å². The first kappa shape index (κ1) is 17.2. The van der Waals surface area contributed by atoms with E-state index in [-0.39, 0.29) is 11.3 Å². The van der Waals surface area contributed by atoms with E-state index >= 15 is 0 Å². The molecule has 2 saturated heterocycles. The van der Waals surface area contributed by atoms with Crippen LogP contribution in [-0.2, 0) is 10.0 Å². The molecule has 2 aliphatic heterocycles. The van der Waals surface area contributed by atoms with E-state index in [1.807, 2.05) is 0 Å². The highest BCUT2D eigenvalue weighted by Crippen LogP contribution is 2.37. The maximum Gasteiger partial charge on any atom is 0.251 e. The zero-order valence-electron chi connectivity index (χ0n) is 14.0. The highest BCUT2D eigenvalue weighted by Gasteiger charge is 2.38. The fourth-order valence-corrected chi connectivity index (χ4v) is 4.45. The molecule has 0 aromatic heterocycles. The summed E-state index contributed by atoms with van der Waals surface area (Å²) in [4.78, 5) is 14.9. The van der Waals surface area contributed by atoms with Gasteiger partial charge in [-0.1, -0.05) is 0 Å². The van der Waals surface area contributed by atoms with Crippen molar-refractivity contribution in [2.75, 3.05) is 37.2 Å². The van der Waals surface area contributed by atoms with Crippen LogP contribution in [0.25, 0.3) is 0 Å². The van der Waals surface area contributed by atoms with E-state index in [4.69, 9.17) is 0 Å². The molecule has 0 unspecified atom stereocenters. The van der Waals surface area contributed by atoms with Gasteiger partial charge in [0.2, 0.25) is 10.0 Å². The van der Waals surface area contributed by atoms with Crippen molar-refractivity contribution in [3.8, 4) is 0 Å². The molecule has 3 rings (SSSR count). The predicted molar refractivity (Wildman–Crippen MR) is 94.6 cm³/mol. The minimum Gasteiger partial charge on any atom is -0.351 e. The molecule has 0 atom stereocenters. The topological polar surface area (TPSA) is 78.5 Å². The van der Waals surface area contributed by atoms with Gasteiger partial charge in [0.1, 0.15) is 0 Å². The van der Waals surface area contributed by atoms with E-state index in [9.17, 15) is 13.2 Å². The normalized spacial score (nSPS) is 26.6. The summed E-state index contributed by atoms with van der Waals surface area (Å²) in [5.74, 6) is -0.0991. The van der Waals surface area contributed by atoms with Gasteiger partial charge >= 0.3 is 0 Å². The number of benzene rings is 1. The zero-order valence-corrected chi connectivity index (χ0v) is 14.9. The first-order valence-electron chi connectivity index (χ1n) is 8.44. The molecule has 0 radical (unpaired) electrons. The molecule has 2 aliphatic rings. The summed E-state index contributed by atoms with van der Waals surface area (Å²) < 4.78 is 24.8. The minimum absolute atomic E-state index is 0.0991. The molecule has 0 saturated carbocycles. The first-order chi connectivity index (χ1) is 11.4. The Morgan fingerprint density at radius 2 is 1.79 bits per heavy atom. The van der Waals surface area contributed by atoms with E-state index in [2.05, 4.69) is 14.9 Å². The number of nitrogens with zero attached hydrogens (tertiary/aromatic N) is 1. The number of rotatable bonds is 5. The molecule has 0 spiro atoms. The van der Waals surface area contributed by atoms with Gasteiger partial charge in [-0.2, -0.15) is 0 Å².